The molecule has 0 radical (unpaired) electrons. The number of anilines is 1. The molecule has 1 heterocycles. The van der Waals surface area contributed by atoms with Crippen molar-refractivity contribution < 1.29 is 4.39 Å². The molecule has 0 saturated heterocycles. The van der Waals surface area contributed by atoms with E-state index in [0.717, 1.165) is 12.0 Å². The van der Waals surface area contributed by atoms with Gasteiger partial charge in [0.15, 0.2) is 10.3 Å². The summed E-state index contributed by atoms with van der Waals surface area (Å²) >= 11 is 6.98. The molecule has 0 spiro atoms. The summed E-state index contributed by atoms with van der Waals surface area (Å²) < 4.78 is 12.7. The third-order valence-electron chi connectivity index (χ3n) is 2.29. The van der Waals surface area contributed by atoms with Crippen molar-refractivity contribution in [1.29, 1.82) is 5.26 Å². The van der Waals surface area contributed by atoms with E-state index in [-0.39, 0.29) is 11.0 Å². The Labute approximate surface area is 113 Å². The van der Waals surface area contributed by atoms with Gasteiger partial charge in [-0.25, -0.2) is 9.37 Å². The normalized spacial score (nSPS) is 10.1. The van der Waals surface area contributed by atoms with Crippen LogP contribution in [-0.2, 0) is 6.42 Å². The van der Waals surface area contributed by atoms with Gasteiger partial charge in [0.05, 0.1) is 0 Å². The quantitative estimate of drug-likeness (QED) is 0.934. The van der Waals surface area contributed by atoms with E-state index in [9.17, 15) is 4.39 Å². The standard InChI is InChI=1S/C12H9ClFN3S/c13-11-10(7-15)18-12(17-11)16-6-5-8-1-3-9(14)4-2-8/h1-4H,5-6H2,(H,16,17). The molecule has 0 amide bonds. The number of aromatic nitrogens is 1. The highest BCUT2D eigenvalue weighted by atomic mass is 35.5. The van der Waals surface area contributed by atoms with Gasteiger partial charge in [0.1, 0.15) is 16.8 Å². The molecule has 0 unspecified atom stereocenters. The third-order valence-corrected chi connectivity index (χ3v) is 3.59. The zero-order valence-corrected chi connectivity index (χ0v) is 10.9. The Morgan fingerprint density at radius 1 is 1.39 bits per heavy atom. The molecule has 6 heteroatoms. The predicted molar refractivity (Wildman–Crippen MR) is 70.4 cm³/mol. The minimum Gasteiger partial charge on any atom is -0.361 e. The maximum atomic E-state index is 12.7. The van der Waals surface area contributed by atoms with E-state index >= 15 is 0 Å². The van der Waals surface area contributed by atoms with Gasteiger partial charge in [-0.2, -0.15) is 5.26 Å². The molecule has 0 aliphatic heterocycles. The maximum absolute atomic E-state index is 12.7. The van der Waals surface area contributed by atoms with Gasteiger partial charge in [-0.3, -0.25) is 0 Å². The fourth-order valence-electron chi connectivity index (χ4n) is 1.41. The van der Waals surface area contributed by atoms with Crippen LogP contribution in [0.4, 0.5) is 9.52 Å². The monoisotopic (exact) mass is 281 g/mol. The fourth-order valence-corrected chi connectivity index (χ4v) is 2.38. The smallest absolute Gasteiger partial charge is 0.185 e. The molecular formula is C12H9ClFN3S. The van der Waals surface area contributed by atoms with Crippen molar-refractivity contribution >= 4 is 28.1 Å². The molecule has 0 aliphatic carbocycles. The van der Waals surface area contributed by atoms with E-state index in [1.54, 1.807) is 12.1 Å². The largest absolute Gasteiger partial charge is 0.361 e. The van der Waals surface area contributed by atoms with Crippen LogP contribution in [0.5, 0.6) is 0 Å². The first-order valence-electron chi connectivity index (χ1n) is 5.24. The molecule has 2 rings (SSSR count). The molecule has 1 aromatic heterocycles. The number of hydrogen-bond acceptors (Lipinski definition) is 4. The average Bonchev–Trinajstić information content (AvgIpc) is 2.72. The number of thiazole rings is 1. The molecule has 0 bridgehead atoms. The summed E-state index contributed by atoms with van der Waals surface area (Å²) in [4.78, 5) is 4.42. The molecule has 0 saturated carbocycles. The number of halogens is 2. The zero-order valence-electron chi connectivity index (χ0n) is 9.28. The van der Waals surface area contributed by atoms with Gasteiger partial charge in [-0.15, -0.1) is 0 Å². The lowest BCUT2D eigenvalue weighted by atomic mass is 10.1. The second-order valence-electron chi connectivity index (χ2n) is 3.55. The van der Waals surface area contributed by atoms with Crippen molar-refractivity contribution in [2.45, 2.75) is 6.42 Å². The summed E-state index contributed by atoms with van der Waals surface area (Å²) in [6.07, 6.45) is 0.749. The number of nitrogens with one attached hydrogen (secondary N) is 1. The molecule has 1 N–H and O–H groups in total. The number of hydrogen-bond donors (Lipinski definition) is 1. The lowest BCUT2D eigenvalue weighted by Gasteiger charge is -2.02. The molecule has 3 nitrogen and oxygen atoms in total. The van der Waals surface area contributed by atoms with Crippen LogP contribution in [0.15, 0.2) is 24.3 Å². The highest BCUT2D eigenvalue weighted by Crippen LogP contribution is 2.25. The summed E-state index contributed by atoms with van der Waals surface area (Å²) in [5, 5.41) is 12.7. The van der Waals surface area contributed by atoms with Crippen LogP contribution < -0.4 is 5.32 Å². The average molecular weight is 282 g/mol. The van der Waals surface area contributed by atoms with Gasteiger partial charge in [0.25, 0.3) is 0 Å². The van der Waals surface area contributed by atoms with Crippen molar-refractivity contribution in [3.8, 4) is 6.07 Å². The SMILES string of the molecule is N#Cc1sc(NCCc2ccc(F)cc2)nc1Cl. The van der Waals surface area contributed by atoms with Crippen molar-refractivity contribution in [3.63, 3.8) is 0 Å². The number of nitriles is 1. The highest BCUT2D eigenvalue weighted by molar-refractivity contribution is 7.16. The molecule has 92 valence electrons. The molecule has 2 aromatic rings. The molecule has 0 aliphatic rings. The summed E-state index contributed by atoms with van der Waals surface area (Å²) in [5.41, 5.74) is 1.03. The Kier molecular flexibility index (Phi) is 4.13. The summed E-state index contributed by atoms with van der Waals surface area (Å²) in [7, 11) is 0. The summed E-state index contributed by atoms with van der Waals surface area (Å²) in [5.74, 6) is -0.239. The fraction of sp³-hybridized carbons (Fsp3) is 0.167. The van der Waals surface area contributed by atoms with E-state index in [2.05, 4.69) is 10.3 Å². The Balaban J connectivity index is 1.88. The minimum atomic E-state index is -0.239. The number of benzene rings is 1. The number of rotatable bonds is 4. The van der Waals surface area contributed by atoms with Crippen molar-refractivity contribution in [2.24, 2.45) is 0 Å². The van der Waals surface area contributed by atoms with E-state index in [0.29, 0.717) is 16.6 Å². The Morgan fingerprint density at radius 3 is 2.72 bits per heavy atom. The Bertz CT molecular complexity index is 574. The van der Waals surface area contributed by atoms with Gasteiger partial charge in [0, 0.05) is 6.54 Å². The molecule has 18 heavy (non-hydrogen) atoms. The van der Waals surface area contributed by atoms with Crippen LogP contribution in [0.25, 0.3) is 0 Å². The number of nitrogens with zero attached hydrogens (tertiary/aromatic N) is 2. The summed E-state index contributed by atoms with van der Waals surface area (Å²) in [6, 6.07) is 8.33. The Hall–Kier alpha value is -1.64. The van der Waals surface area contributed by atoms with Gasteiger partial charge in [-0.05, 0) is 24.1 Å². The van der Waals surface area contributed by atoms with Crippen LogP contribution in [-0.4, -0.2) is 11.5 Å². The molecule has 0 fully saturated rings. The van der Waals surface area contributed by atoms with Gasteiger partial charge < -0.3 is 5.32 Å². The van der Waals surface area contributed by atoms with Crippen molar-refractivity contribution in [2.75, 3.05) is 11.9 Å². The van der Waals surface area contributed by atoms with Crippen LogP contribution >= 0.6 is 22.9 Å². The minimum absolute atomic E-state index is 0.229. The van der Waals surface area contributed by atoms with Crippen molar-refractivity contribution in [1.82, 2.24) is 4.98 Å². The van der Waals surface area contributed by atoms with Crippen LogP contribution in [0.2, 0.25) is 5.15 Å². The molecule has 0 atom stereocenters. The predicted octanol–water partition coefficient (Wildman–Crippen LogP) is 3.46. The third kappa shape index (κ3) is 3.19. The van der Waals surface area contributed by atoms with E-state index in [1.807, 2.05) is 6.07 Å². The zero-order chi connectivity index (χ0) is 13.0. The van der Waals surface area contributed by atoms with Gasteiger partial charge in [0.2, 0.25) is 0 Å². The maximum Gasteiger partial charge on any atom is 0.185 e. The van der Waals surface area contributed by atoms with Crippen molar-refractivity contribution in [3.05, 3.63) is 45.7 Å². The molecule has 1 aromatic carbocycles. The van der Waals surface area contributed by atoms with Crippen LogP contribution in [0.1, 0.15) is 10.4 Å². The summed E-state index contributed by atoms with van der Waals surface area (Å²) in [6.45, 7) is 0.653. The second kappa shape index (κ2) is 5.80. The topological polar surface area (TPSA) is 48.7 Å². The van der Waals surface area contributed by atoms with Crippen LogP contribution in [0, 0.1) is 17.1 Å². The highest BCUT2D eigenvalue weighted by Gasteiger charge is 2.07. The first-order valence-corrected chi connectivity index (χ1v) is 6.43. The molecular weight excluding hydrogens is 273 g/mol. The second-order valence-corrected chi connectivity index (χ2v) is 4.91. The van der Waals surface area contributed by atoms with E-state index in [1.165, 1.54) is 23.5 Å². The van der Waals surface area contributed by atoms with Gasteiger partial charge in [-0.1, -0.05) is 35.1 Å². The lowest BCUT2D eigenvalue weighted by Crippen LogP contribution is -2.04. The Morgan fingerprint density at radius 2 is 2.11 bits per heavy atom. The first kappa shape index (κ1) is 12.8. The van der Waals surface area contributed by atoms with Gasteiger partial charge >= 0.3 is 0 Å². The lowest BCUT2D eigenvalue weighted by molar-refractivity contribution is 0.627. The van der Waals surface area contributed by atoms with Crippen LogP contribution in [0.3, 0.4) is 0 Å². The van der Waals surface area contributed by atoms with E-state index < -0.39 is 0 Å². The first-order chi connectivity index (χ1) is 8.69. The van der Waals surface area contributed by atoms with E-state index in [4.69, 9.17) is 16.9 Å².